The first-order chi connectivity index (χ1) is 9.34. The highest BCUT2D eigenvalue weighted by atomic mass is 79.9. The van der Waals surface area contributed by atoms with Crippen LogP contribution < -0.4 is 4.74 Å². The molecule has 0 N–H and O–H groups in total. The molecule has 1 atom stereocenters. The molecule has 20 heavy (non-hydrogen) atoms. The van der Waals surface area contributed by atoms with E-state index in [9.17, 15) is 13.2 Å². The molecule has 5 nitrogen and oxygen atoms in total. The first kappa shape index (κ1) is 17.0. The van der Waals surface area contributed by atoms with Gasteiger partial charge >= 0.3 is 5.97 Å². The van der Waals surface area contributed by atoms with Crippen LogP contribution >= 0.6 is 15.9 Å². The average Bonchev–Trinajstić information content (AvgIpc) is 2.37. The molecule has 1 rings (SSSR count). The van der Waals surface area contributed by atoms with E-state index in [4.69, 9.17) is 4.74 Å². The summed E-state index contributed by atoms with van der Waals surface area (Å²) in [5, 5.41) is 0. The lowest BCUT2D eigenvalue weighted by molar-refractivity contribution is -0.144. The maximum absolute atomic E-state index is 11.8. The predicted molar refractivity (Wildman–Crippen MR) is 79.5 cm³/mol. The fourth-order valence-corrected chi connectivity index (χ4v) is 3.36. The summed E-state index contributed by atoms with van der Waals surface area (Å²) in [6.07, 6.45) is 0. The number of hydrogen-bond acceptors (Lipinski definition) is 5. The van der Waals surface area contributed by atoms with Gasteiger partial charge in [0.05, 0.1) is 24.5 Å². The first-order valence-electron chi connectivity index (χ1n) is 6.00. The molecule has 0 aromatic heterocycles. The molecule has 0 aliphatic carbocycles. The third-order valence-corrected chi connectivity index (χ3v) is 4.86. The summed E-state index contributed by atoms with van der Waals surface area (Å²) >= 11 is 3.30. The molecule has 0 heterocycles. The molecule has 0 saturated heterocycles. The molecular weight excluding hydrogens is 348 g/mol. The van der Waals surface area contributed by atoms with Gasteiger partial charge < -0.3 is 9.47 Å². The van der Waals surface area contributed by atoms with Crippen molar-refractivity contribution in [1.29, 1.82) is 0 Å². The number of carbonyl (C=O) groups excluding carboxylic acids is 1. The fraction of sp³-hybridized carbons (Fsp3) is 0.462. The third kappa shape index (κ3) is 5.92. The van der Waals surface area contributed by atoms with Gasteiger partial charge in [0.2, 0.25) is 0 Å². The number of benzene rings is 1. The smallest absolute Gasteiger partial charge is 0.309 e. The second kappa shape index (κ2) is 7.64. The Morgan fingerprint density at radius 3 is 2.70 bits per heavy atom. The standard InChI is InChI=1S/C13H17BrO5S/c1-10(13(15)18-2)9-20(16,17)7-6-19-12-5-3-4-11(14)8-12/h3-5,8,10H,6-7,9H2,1-2H3. The van der Waals surface area contributed by atoms with Crippen molar-refractivity contribution in [3.63, 3.8) is 0 Å². The molecule has 0 aliphatic heterocycles. The van der Waals surface area contributed by atoms with Crippen molar-refractivity contribution in [2.24, 2.45) is 5.92 Å². The van der Waals surface area contributed by atoms with E-state index in [2.05, 4.69) is 20.7 Å². The molecule has 1 aromatic carbocycles. The molecule has 0 fully saturated rings. The Morgan fingerprint density at radius 2 is 2.10 bits per heavy atom. The summed E-state index contributed by atoms with van der Waals surface area (Å²) in [5.74, 6) is -0.976. The normalized spacial score (nSPS) is 12.8. The Morgan fingerprint density at radius 1 is 1.40 bits per heavy atom. The highest BCUT2D eigenvalue weighted by Gasteiger charge is 2.22. The van der Waals surface area contributed by atoms with Gasteiger partial charge in [-0.25, -0.2) is 8.42 Å². The SMILES string of the molecule is COC(=O)C(C)CS(=O)(=O)CCOc1cccc(Br)c1. The van der Waals surface area contributed by atoms with Crippen molar-refractivity contribution in [1.82, 2.24) is 0 Å². The van der Waals surface area contributed by atoms with Gasteiger partial charge in [0.25, 0.3) is 0 Å². The zero-order valence-electron chi connectivity index (χ0n) is 11.3. The number of halogens is 1. The predicted octanol–water partition coefficient (Wildman–Crippen LogP) is 2.05. The highest BCUT2D eigenvalue weighted by molar-refractivity contribution is 9.10. The van der Waals surface area contributed by atoms with Gasteiger partial charge in [-0.15, -0.1) is 0 Å². The van der Waals surface area contributed by atoms with Crippen molar-refractivity contribution in [3.05, 3.63) is 28.7 Å². The second-order valence-corrected chi connectivity index (χ2v) is 7.49. The molecular formula is C13H17BrO5S. The number of hydrogen-bond donors (Lipinski definition) is 0. The van der Waals surface area contributed by atoms with Crippen LogP contribution in [0.4, 0.5) is 0 Å². The lowest BCUT2D eigenvalue weighted by Gasteiger charge is -2.10. The lowest BCUT2D eigenvalue weighted by Crippen LogP contribution is -2.26. The van der Waals surface area contributed by atoms with Gasteiger partial charge in [-0.3, -0.25) is 4.79 Å². The van der Waals surface area contributed by atoms with E-state index in [1.165, 1.54) is 14.0 Å². The second-order valence-electron chi connectivity index (χ2n) is 4.34. The van der Waals surface area contributed by atoms with Crippen molar-refractivity contribution in [2.45, 2.75) is 6.92 Å². The number of sulfone groups is 1. The number of esters is 1. The van der Waals surface area contributed by atoms with Crippen LogP contribution in [-0.2, 0) is 19.4 Å². The van der Waals surface area contributed by atoms with Crippen molar-refractivity contribution >= 4 is 31.7 Å². The van der Waals surface area contributed by atoms with Gasteiger partial charge in [0.15, 0.2) is 9.84 Å². The molecule has 7 heteroatoms. The van der Waals surface area contributed by atoms with Crippen LogP contribution in [0.3, 0.4) is 0 Å². The third-order valence-electron chi connectivity index (χ3n) is 2.57. The van der Waals surface area contributed by atoms with E-state index in [1.807, 2.05) is 6.07 Å². The number of rotatable bonds is 7. The summed E-state index contributed by atoms with van der Waals surface area (Å²) in [5.41, 5.74) is 0. The Bertz CT molecular complexity index is 556. The van der Waals surface area contributed by atoms with Crippen molar-refractivity contribution in [2.75, 3.05) is 25.2 Å². The van der Waals surface area contributed by atoms with E-state index in [-0.39, 0.29) is 18.1 Å². The van der Waals surface area contributed by atoms with Crippen LogP contribution in [-0.4, -0.2) is 39.6 Å². The first-order valence-corrected chi connectivity index (χ1v) is 8.62. The van der Waals surface area contributed by atoms with Crippen molar-refractivity contribution < 1.29 is 22.7 Å². The minimum absolute atomic E-state index is 0.0483. The molecule has 0 aliphatic rings. The van der Waals surface area contributed by atoms with E-state index in [0.717, 1.165) is 4.47 Å². The molecule has 0 radical (unpaired) electrons. The molecule has 0 spiro atoms. The number of ether oxygens (including phenoxy) is 2. The van der Waals surface area contributed by atoms with Gasteiger partial charge in [0.1, 0.15) is 12.4 Å². The summed E-state index contributed by atoms with van der Waals surface area (Å²) in [6.45, 7) is 1.57. The molecule has 112 valence electrons. The molecule has 1 unspecified atom stereocenters. The molecule has 0 saturated carbocycles. The Kier molecular flexibility index (Phi) is 6.48. The van der Waals surface area contributed by atoms with E-state index >= 15 is 0 Å². The quantitative estimate of drug-likeness (QED) is 0.692. The van der Waals surface area contributed by atoms with Crippen LogP contribution in [0.1, 0.15) is 6.92 Å². The topological polar surface area (TPSA) is 69.7 Å². The van der Waals surface area contributed by atoms with Gasteiger partial charge in [-0.05, 0) is 18.2 Å². The monoisotopic (exact) mass is 364 g/mol. The average molecular weight is 365 g/mol. The van der Waals surface area contributed by atoms with Gasteiger partial charge in [-0.1, -0.05) is 28.9 Å². The maximum atomic E-state index is 11.8. The summed E-state index contributed by atoms with van der Waals surface area (Å²) < 4.78 is 34.4. The Balaban J connectivity index is 2.46. The van der Waals surface area contributed by atoms with Crippen LogP contribution in [0, 0.1) is 5.92 Å². The zero-order valence-corrected chi connectivity index (χ0v) is 13.7. The zero-order chi connectivity index (χ0) is 15.2. The minimum atomic E-state index is -3.35. The van der Waals surface area contributed by atoms with Crippen molar-refractivity contribution in [3.8, 4) is 5.75 Å². The minimum Gasteiger partial charge on any atom is -0.492 e. The fourth-order valence-electron chi connectivity index (χ4n) is 1.58. The summed E-state index contributed by atoms with van der Waals surface area (Å²) in [7, 11) is -2.12. The van der Waals surface area contributed by atoms with E-state index < -0.39 is 21.7 Å². The Labute approximate surface area is 127 Å². The molecule has 0 bridgehead atoms. The largest absolute Gasteiger partial charge is 0.492 e. The molecule has 0 amide bonds. The Hall–Kier alpha value is -1.08. The van der Waals surface area contributed by atoms with Crippen LogP contribution in [0.5, 0.6) is 5.75 Å². The van der Waals surface area contributed by atoms with E-state index in [0.29, 0.717) is 5.75 Å². The maximum Gasteiger partial charge on any atom is 0.309 e. The van der Waals surface area contributed by atoms with Crippen LogP contribution in [0.25, 0.3) is 0 Å². The van der Waals surface area contributed by atoms with Crippen LogP contribution in [0.2, 0.25) is 0 Å². The highest BCUT2D eigenvalue weighted by Crippen LogP contribution is 2.17. The number of carbonyl (C=O) groups is 1. The van der Waals surface area contributed by atoms with Crippen LogP contribution in [0.15, 0.2) is 28.7 Å². The van der Waals surface area contributed by atoms with Gasteiger partial charge in [-0.2, -0.15) is 0 Å². The summed E-state index contributed by atoms with van der Waals surface area (Å²) in [4.78, 5) is 11.2. The van der Waals surface area contributed by atoms with E-state index in [1.54, 1.807) is 18.2 Å². The molecule has 1 aromatic rings. The lowest BCUT2D eigenvalue weighted by atomic mass is 10.2. The number of methoxy groups -OCH3 is 1. The summed E-state index contributed by atoms with van der Waals surface area (Å²) in [6, 6.07) is 7.15. The van der Waals surface area contributed by atoms with Gasteiger partial charge in [0, 0.05) is 4.47 Å².